The predicted molar refractivity (Wildman–Crippen MR) is 80.2 cm³/mol. The van der Waals surface area contributed by atoms with Crippen LogP contribution < -0.4 is 0 Å². The van der Waals surface area contributed by atoms with Gasteiger partial charge in [0, 0.05) is 19.6 Å². The lowest BCUT2D eigenvalue weighted by atomic mass is 10.0. The Hall–Kier alpha value is -1.55. The van der Waals surface area contributed by atoms with E-state index < -0.39 is 0 Å². The van der Waals surface area contributed by atoms with Gasteiger partial charge in [0.05, 0.1) is 24.2 Å². The highest BCUT2D eigenvalue weighted by Gasteiger charge is 2.20. The molecule has 1 atom stereocenters. The van der Waals surface area contributed by atoms with Gasteiger partial charge >= 0.3 is 0 Å². The van der Waals surface area contributed by atoms with Gasteiger partial charge in [-0.2, -0.15) is 5.10 Å². The number of aryl methyl sites for hydroxylation is 2. The van der Waals surface area contributed by atoms with Gasteiger partial charge < -0.3 is 4.42 Å². The molecule has 0 aromatic carbocycles. The number of hydrogen-bond acceptors (Lipinski definition) is 3. The van der Waals surface area contributed by atoms with Crippen LogP contribution in [0.1, 0.15) is 37.9 Å². The Morgan fingerprint density at radius 2 is 2.05 bits per heavy atom. The van der Waals surface area contributed by atoms with Gasteiger partial charge in [0.15, 0.2) is 0 Å². The van der Waals surface area contributed by atoms with Crippen LogP contribution >= 0.6 is 0 Å². The zero-order chi connectivity index (χ0) is 14.7. The van der Waals surface area contributed by atoms with Crippen molar-refractivity contribution in [3.05, 3.63) is 41.6 Å². The van der Waals surface area contributed by atoms with Gasteiger partial charge in [0.25, 0.3) is 0 Å². The van der Waals surface area contributed by atoms with Crippen LogP contribution in [-0.2, 0) is 20.1 Å². The first-order valence-electron chi connectivity index (χ1n) is 7.23. The highest BCUT2D eigenvalue weighted by Crippen LogP contribution is 2.18. The van der Waals surface area contributed by atoms with E-state index in [0.29, 0.717) is 12.0 Å². The summed E-state index contributed by atoms with van der Waals surface area (Å²) in [6.45, 7) is 10.5. The highest BCUT2D eigenvalue weighted by atomic mass is 16.3. The standard InChI is InChI=1S/C16H25N3O/c1-12(2)14(4)19(11-16-7-6-8-20-16)10-15-9-13(3)17-18(15)5/h6-9,12,14H,10-11H2,1-5H3/t14-/m1/s1. The molecule has 0 radical (unpaired) electrons. The molecule has 0 aliphatic heterocycles. The van der Waals surface area contributed by atoms with Crippen LogP contribution in [-0.4, -0.2) is 20.7 Å². The third-order valence-corrected chi connectivity index (χ3v) is 3.94. The Labute approximate surface area is 121 Å². The zero-order valence-corrected chi connectivity index (χ0v) is 13.1. The molecule has 0 saturated carbocycles. The van der Waals surface area contributed by atoms with E-state index in [1.807, 2.05) is 30.8 Å². The second-order valence-electron chi connectivity index (χ2n) is 5.87. The van der Waals surface area contributed by atoms with Crippen molar-refractivity contribution in [3.63, 3.8) is 0 Å². The quantitative estimate of drug-likeness (QED) is 0.810. The molecule has 0 aliphatic carbocycles. The van der Waals surface area contributed by atoms with Crippen molar-refractivity contribution < 1.29 is 4.42 Å². The van der Waals surface area contributed by atoms with Crippen LogP contribution in [0.5, 0.6) is 0 Å². The SMILES string of the molecule is Cc1cc(CN(Cc2ccco2)[C@H](C)C(C)C)n(C)n1. The summed E-state index contributed by atoms with van der Waals surface area (Å²) < 4.78 is 7.47. The Kier molecular flexibility index (Phi) is 4.65. The molecule has 110 valence electrons. The summed E-state index contributed by atoms with van der Waals surface area (Å²) in [5, 5.41) is 4.43. The molecule has 4 heteroatoms. The topological polar surface area (TPSA) is 34.2 Å². The lowest BCUT2D eigenvalue weighted by molar-refractivity contribution is 0.137. The lowest BCUT2D eigenvalue weighted by Crippen LogP contribution is -2.36. The first-order valence-corrected chi connectivity index (χ1v) is 7.23. The fourth-order valence-corrected chi connectivity index (χ4v) is 2.39. The Morgan fingerprint density at radius 3 is 2.55 bits per heavy atom. The first-order chi connectivity index (χ1) is 9.47. The fourth-order valence-electron chi connectivity index (χ4n) is 2.39. The van der Waals surface area contributed by atoms with E-state index in [-0.39, 0.29) is 0 Å². The maximum atomic E-state index is 5.50. The molecule has 0 bridgehead atoms. The van der Waals surface area contributed by atoms with Crippen molar-refractivity contribution in [1.82, 2.24) is 14.7 Å². The minimum absolute atomic E-state index is 0.482. The second-order valence-corrected chi connectivity index (χ2v) is 5.87. The molecule has 2 rings (SSSR count). The van der Waals surface area contributed by atoms with Crippen molar-refractivity contribution in [2.75, 3.05) is 0 Å². The van der Waals surface area contributed by atoms with E-state index in [0.717, 1.165) is 24.5 Å². The summed E-state index contributed by atoms with van der Waals surface area (Å²) in [7, 11) is 2.01. The predicted octanol–water partition coefficient (Wildman–Crippen LogP) is 3.37. The van der Waals surface area contributed by atoms with Gasteiger partial charge in [-0.05, 0) is 38.0 Å². The lowest BCUT2D eigenvalue weighted by Gasteiger charge is -2.31. The summed E-state index contributed by atoms with van der Waals surface area (Å²) in [4.78, 5) is 2.44. The van der Waals surface area contributed by atoms with Gasteiger partial charge in [0.2, 0.25) is 0 Å². The molecule has 0 aliphatic rings. The van der Waals surface area contributed by atoms with E-state index in [1.165, 1.54) is 5.69 Å². The van der Waals surface area contributed by atoms with Crippen molar-refractivity contribution >= 4 is 0 Å². The zero-order valence-electron chi connectivity index (χ0n) is 13.1. The number of nitrogens with zero attached hydrogens (tertiary/aromatic N) is 3. The Bertz CT molecular complexity index is 528. The molecule has 2 aromatic rings. The van der Waals surface area contributed by atoms with Gasteiger partial charge in [-0.3, -0.25) is 9.58 Å². The van der Waals surface area contributed by atoms with E-state index in [2.05, 4.69) is 36.8 Å². The van der Waals surface area contributed by atoms with Crippen molar-refractivity contribution in [1.29, 1.82) is 0 Å². The fraction of sp³-hybridized carbons (Fsp3) is 0.562. The monoisotopic (exact) mass is 275 g/mol. The van der Waals surface area contributed by atoms with E-state index in [4.69, 9.17) is 4.42 Å². The van der Waals surface area contributed by atoms with Crippen molar-refractivity contribution in [3.8, 4) is 0 Å². The molecule has 2 aromatic heterocycles. The largest absolute Gasteiger partial charge is 0.468 e. The molecular formula is C16H25N3O. The molecular weight excluding hydrogens is 250 g/mol. The first kappa shape index (κ1) is 14.9. The molecule has 0 spiro atoms. The van der Waals surface area contributed by atoms with Crippen molar-refractivity contribution in [2.45, 2.75) is 46.8 Å². The molecule has 2 heterocycles. The molecule has 0 saturated heterocycles. The van der Waals surface area contributed by atoms with Crippen LogP contribution in [0.15, 0.2) is 28.9 Å². The minimum Gasteiger partial charge on any atom is -0.468 e. The molecule has 0 N–H and O–H groups in total. The summed E-state index contributed by atoms with van der Waals surface area (Å²) >= 11 is 0. The third-order valence-electron chi connectivity index (χ3n) is 3.94. The molecule has 0 unspecified atom stereocenters. The van der Waals surface area contributed by atoms with Gasteiger partial charge in [-0.25, -0.2) is 0 Å². The smallest absolute Gasteiger partial charge is 0.117 e. The van der Waals surface area contributed by atoms with Crippen molar-refractivity contribution in [2.24, 2.45) is 13.0 Å². The molecule has 20 heavy (non-hydrogen) atoms. The van der Waals surface area contributed by atoms with Crippen LogP contribution in [0, 0.1) is 12.8 Å². The third kappa shape index (κ3) is 3.51. The van der Waals surface area contributed by atoms with Crippen LogP contribution in [0.3, 0.4) is 0 Å². The van der Waals surface area contributed by atoms with E-state index in [1.54, 1.807) is 6.26 Å². The Balaban J connectivity index is 2.15. The van der Waals surface area contributed by atoms with Crippen LogP contribution in [0.2, 0.25) is 0 Å². The number of rotatable bonds is 6. The normalized spacial score (nSPS) is 13.3. The molecule has 4 nitrogen and oxygen atoms in total. The number of aromatic nitrogens is 2. The molecule has 0 amide bonds. The van der Waals surface area contributed by atoms with Gasteiger partial charge in [0.1, 0.15) is 5.76 Å². The Morgan fingerprint density at radius 1 is 1.30 bits per heavy atom. The average Bonchev–Trinajstić information content (AvgIpc) is 2.98. The summed E-state index contributed by atoms with van der Waals surface area (Å²) in [6.07, 6.45) is 1.74. The van der Waals surface area contributed by atoms with Crippen LogP contribution in [0.25, 0.3) is 0 Å². The van der Waals surface area contributed by atoms with Gasteiger partial charge in [-0.15, -0.1) is 0 Å². The van der Waals surface area contributed by atoms with E-state index >= 15 is 0 Å². The minimum atomic E-state index is 0.482. The summed E-state index contributed by atoms with van der Waals surface area (Å²) in [5.74, 6) is 1.61. The van der Waals surface area contributed by atoms with Crippen LogP contribution in [0.4, 0.5) is 0 Å². The average molecular weight is 275 g/mol. The second kappa shape index (κ2) is 6.27. The maximum absolute atomic E-state index is 5.50. The van der Waals surface area contributed by atoms with Gasteiger partial charge in [-0.1, -0.05) is 13.8 Å². The molecule has 0 fully saturated rings. The summed E-state index contributed by atoms with van der Waals surface area (Å²) in [6, 6.07) is 6.62. The van der Waals surface area contributed by atoms with E-state index in [9.17, 15) is 0 Å². The summed E-state index contributed by atoms with van der Waals surface area (Å²) in [5.41, 5.74) is 2.30. The highest BCUT2D eigenvalue weighted by molar-refractivity contribution is 5.09. The number of furan rings is 1. The maximum Gasteiger partial charge on any atom is 0.117 e. The number of hydrogen-bond donors (Lipinski definition) is 0.